The zero-order chi connectivity index (χ0) is 13.7. The number of rotatable bonds is 3. The van der Waals surface area contributed by atoms with Crippen molar-refractivity contribution >= 4 is 17.2 Å². The zero-order valence-electron chi connectivity index (χ0n) is 10.9. The first kappa shape index (κ1) is 14.1. The number of carbonyl (C=O) groups excluding carboxylic acids is 1. The monoisotopic (exact) mass is 278 g/mol. The third-order valence-corrected chi connectivity index (χ3v) is 4.16. The molecule has 0 saturated heterocycles. The predicted octanol–water partition coefficient (Wildman–Crippen LogP) is 1.36. The molecule has 0 aromatic carbocycles. The molecule has 1 heterocycles. The van der Waals surface area contributed by atoms with Crippen molar-refractivity contribution in [3.05, 3.63) is 21.9 Å². The molecule has 1 aromatic rings. The summed E-state index contributed by atoms with van der Waals surface area (Å²) >= 11 is 1.41. The summed E-state index contributed by atoms with van der Waals surface area (Å²) in [5, 5.41) is 4.93. The number of carbonyl (C=O) groups is 1. The first-order valence-electron chi connectivity index (χ1n) is 6.34. The maximum absolute atomic E-state index is 12.2. The topological polar surface area (TPSA) is 64.3 Å². The molecule has 0 spiro atoms. The molecule has 2 unspecified atom stereocenters. The minimum absolute atomic E-state index is 0.0434. The van der Waals surface area contributed by atoms with Gasteiger partial charge in [-0.25, -0.2) is 0 Å². The van der Waals surface area contributed by atoms with E-state index in [2.05, 4.69) is 17.2 Å². The summed E-state index contributed by atoms with van der Waals surface area (Å²) in [5.41, 5.74) is 6.11. The molecule has 0 aliphatic heterocycles. The van der Waals surface area contributed by atoms with Crippen LogP contribution in [0.1, 0.15) is 34.5 Å². The van der Waals surface area contributed by atoms with Crippen LogP contribution in [0.3, 0.4) is 0 Å². The third kappa shape index (κ3) is 3.57. The van der Waals surface area contributed by atoms with Gasteiger partial charge in [-0.2, -0.15) is 0 Å². The van der Waals surface area contributed by atoms with Crippen LogP contribution in [0, 0.1) is 11.8 Å². The molecule has 0 bridgehead atoms. The van der Waals surface area contributed by atoms with Gasteiger partial charge >= 0.3 is 0 Å². The van der Waals surface area contributed by atoms with Crippen molar-refractivity contribution in [1.29, 1.82) is 0 Å². The van der Waals surface area contributed by atoms with Gasteiger partial charge in [0.15, 0.2) is 0 Å². The van der Waals surface area contributed by atoms with Crippen molar-refractivity contribution in [2.75, 3.05) is 13.7 Å². The Labute approximate surface area is 117 Å². The van der Waals surface area contributed by atoms with Gasteiger partial charge < -0.3 is 15.8 Å². The second-order valence-corrected chi connectivity index (χ2v) is 5.43. The van der Waals surface area contributed by atoms with Gasteiger partial charge in [0.2, 0.25) is 0 Å². The number of methoxy groups -OCH3 is 1. The van der Waals surface area contributed by atoms with E-state index in [9.17, 15) is 4.79 Å². The zero-order valence-corrected chi connectivity index (χ0v) is 11.8. The van der Waals surface area contributed by atoms with E-state index >= 15 is 0 Å². The van der Waals surface area contributed by atoms with Crippen molar-refractivity contribution in [2.45, 2.75) is 31.4 Å². The molecule has 1 saturated carbocycles. The maximum atomic E-state index is 12.2. The van der Waals surface area contributed by atoms with Crippen LogP contribution in [-0.4, -0.2) is 31.7 Å². The van der Waals surface area contributed by atoms with Gasteiger partial charge in [0.05, 0.1) is 12.6 Å². The summed E-state index contributed by atoms with van der Waals surface area (Å²) in [5.74, 6) is 5.67. The third-order valence-electron chi connectivity index (χ3n) is 3.25. The molecule has 1 fully saturated rings. The molecule has 4 nitrogen and oxygen atoms in total. The van der Waals surface area contributed by atoms with Crippen LogP contribution in [0.15, 0.2) is 11.4 Å². The van der Waals surface area contributed by atoms with Crippen LogP contribution in [0.25, 0.3) is 0 Å². The standard InChI is InChI=1S/C14H18N2O2S/c1-18-12-5-4-11(9-12)16-14(17)13-10(3-2-7-15)6-8-19-13/h6,8,11-12H,4-5,7,9,15H2,1H3,(H,16,17). The number of hydrogen-bond acceptors (Lipinski definition) is 4. The summed E-state index contributed by atoms with van der Waals surface area (Å²) in [6.45, 7) is 0.301. The van der Waals surface area contributed by atoms with E-state index < -0.39 is 0 Å². The van der Waals surface area contributed by atoms with E-state index in [1.807, 2.05) is 11.4 Å². The number of amides is 1. The Morgan fingerprint density at radius 3 is 3.16 bits per heavy atom. The smallest absolute Gasteiger partial charge is 0.262 e. The van der Waals surface area contributed by atoms with E-state index in [0.717, 1.165) is 24.8 Å². The Bertz CT molecular complexity index is 501. The first-order valence-corrected chi connectivity index (χ1v) is 7.22. The lowest BCUT2D eigenvalue weighted by Gasteiger charge is -2.12. The van der Waals surface area contributed by atoms with Gasteiger partial charge in [-0.05, 0) is 30.7 Å². The molecular weight excluding hydrogens is 260 g/mol. The fraction of sp³-hybridized carbons (Fsp3) is 0.500. The van der Waals surface area contributed by atoms with Crippen molar-refractivity contribution in [1.82, 2.24) is 5.32 Å². The van der Waals surface area contributed by atoms with Gasteiger partial charge in [-0.1, -0.05) is 11.8 Å². The average Bonchev–Trinajstić information content (AvgIpc) is 3.04. The van der Waals surface area contributed by atoms with Crippen LogP contribution in [0.2, 0.25) is 0 Å². The lowest BCUT2D eigenvalue weighted by Crippen LogP contribution is -2.33. The Kier molecular flexibility index (Phi) is 4.97. The molecule has 1 aromatic heterocycles. The number of ether oxygens (including phenoxy) is 1. The molecule has 19 heavy (non-hydrogen) atoms. The Morgan fingerprint density at radius 2 is 2.47 bits per heavy atom. The highest BCUT2D eigenvalue weighted by molar-refractivity contribution is 7.12. The molecule has 2 atom stereocenters. The Hall–Kier alpha value is -1.35. The lowest BCUT2D eigenvalue weighted by molar-refractivity contribution is 0.0918. The van der Waals surface area contributed by atoms with Gasteiger partial charge in [-0.3, -0.25) is 4.79 Å². The van der Waals surface area contributed by atoms with Crippen LogP contribution in [-0.2, 0) is 4.74 Å². The fourth-order valence-corrected chi connectivity index (χ4v) is 3.02. The first-order chi connectivity index (χ1) is 9.24. The van der Waals surface area contributed by atoms with Crippen molar-refractivity contribution in [3.8, 4) is 11.8 Å². The highest BCUT2D eigenvalue weighted by Crippen LogP contribution is 2.23. The minimum Gasteiger partial charge on any atom is -0.381 e. The molecular formula is C14H18N2O2S. The number of nitrogens with two attached hydrogens (primary N) is 1. The predicted molar refractivity (Wildman–Crippen MR) is 76.2 cm³/mol. The van der Waals surface area contributed by atoms with E-state index in [1.165, 1.54) is 11.3 Å². The summed E-state index contributed by atoms with van der Waals surface area (Å²) in [6.07, 6.45) is 3.13. The SMILES string of the molecule is COC1CCC(NC(=O)c2sccc2C#CCN)C1. The van der Waals surface area contributed by atoms with E-state index in [-0.39, 0.29) is 18.1 Å². The Balaban J connectivity index is 1.99. The van der Waals surface area contributed by atoms with E-state index in [0.29, 0.717) is 11.4 Å². The van der Waals surface area contributed by atoms with Crippen molar-refractivity contribution in [2.24, 2.45) is 5.73 Å². The fourth-order valence-electron chi connectivity index (χ4n) is 2.27. The second kappa shape index (κ2) is 6.71. The minimum atomic E-state index is -0.0434. The van der Waals surface area contributed by atoms with Crippen LogP contribution in [0.5, 0.6) is 0 Å². The van der Waals surface area contributed by atoms with Crippen molar-refractivity contribution in [3.63, 3.8) is 0 Å². The summed E-state index contributed by atoms with van der Waals surface area (Å²) in [4.78, 5) is 12.9. The summed E-state index contributed by atoms with van der Waals surface area (Å²) < 4.78 is 5.31. The Morgan fingerprint density at radius 1 is 1.63 bits per heavy atom. The van der Waals surface area contributed by atoms with E-state index in [1.54, 1.807) is 7.11 Å². The summed E-state index contributed by atoms with van der Waals surface area (Å²) in [7, 11) is 1.72. The highest BCUT2D eigenvalue weighted by Gasteiger charge is 2.26. The number of hydrogen-bond donors (Lipinski definition) is 2. The van der Waals surface area contributed by atoms with Gasteiger partial charge in [-0.15, -0.1) is 11.3 Å². The van der Waals surface area contributed by atoms with Crippen LogP contribution in [0.4, 0.5) is 0 Å². The lowest BCUT2D eigenvalue weighted by atomic mass is 10.2. The second-order valence-electron chi connectivity index (χ2n) is 4.51. The van der Waals surface area contributed by atoms with Gasteiger partial charge in [0, 0.05) is 18.7 Å². The largest absolute Gasteiger partial charge is 0.381 e. The number of nitrogens with one attached hydrogen (secondary N) is 1. The van der Waals surface area contributed by atoms with Crippen LogP contribution >= 0.6 is 11.3 Å². The molecule has 102 valence electrons. The molecule has 2 rings (SSSR count). The summed E-state index contributed by atoms with van der Waals surface area (Å²) in [6, 6.07) is 2.06. The highest BCUT2D eigenvalue weighted by atomic mass is 32.1. The quantitative estimate of drug-likeness (QED) is 0.820. The van der Waals surface area contributed by atoms with Crippen LogP contribution < -0.4 is 11.1 Å². The number of thiophene rings is 1. The molecule has 1 amide bonds. The molecule has 0 radical (unpaired) electrons. The maximum Gasteiger partial charge on any atom is 0.262 e. The molecule has 1 aliphatic rings. The van der Waals surface area contributed by atoms with E-state index in [4.69, 9.17) is 10.5 Å². The van der Waals surface area contributed by atoms with Gasteiger partial charge in [0.1, 0.15) is 4.88 Å². The normalized spacial score (nSPS) is 21.8. The molecule has 1 aliphatic carbocycles. The molecule has 3 N–H and O–H groups in total. The molecule has 5 heteroatoms. The van der Waals surface area contributed by atoms with Gasteiger partial charge in [0.25, 0.3) is 5.91 Å². The average molecular weight is 278 g/mol. The van der Waals surface area contributed by atoms with Crippen molar-refractivity contribution < 1.29 is 9.53 Å².